The van der Waals surface area contributed by atoms with E-state index < -0.39 is 0 Å². The van der Waals surface area contributed by atoms with Crippen molar-refractivity contribution in [1.82, 2.24) is 0 Å². The molecule has 0 fully saturated rings. The van der Waals surface area contributed by atoms with Crippen LogP contribution in [0.5, 0.6) is 0 Å². The van der Waals surface area contributed by atoms with Crippen molar-refractivity contribution in [2.75, 3.05) is 23.3 Å². The summed E-state index contributed by atoms with van der Waals surface area (Å²) in [6.45, 7) is 7.94. The van der Waals surface area contributed by atoms with Gasteiger partial charge >= 0.3 is 0 Å². The summed E-state index contributed by atoms with van der Waals surface area (Å²) >= 11 is 0. The minimum atomic E-state index is 0.746. The van der Waals surface area contributed by atoms with Crippen molar-refractivity contribution in [1.29, 1.82) is 0 Å². The predicted molar refractivity (Wildman–Crippen MR) is 105 cm³/mol. The predicted octanol–water partition coefficient (Wildman–Crippen LogP) is 4.88. The number of rotatable bonds is 4. The molecule has 0 spiro atoms. The van der Waals surface area contributed by atoms with Gasteiger partial charge in [0.05, 0.1) is 0 Å². The average molecular weight is 319 g/mol. The van der Waals surface area contributed by atoms with E-state index in [1.54, 1.807) is 0 Å². The number of aryl methyl sites for hydroxylation is 1. The third-order valence-electron chi connectivity index (χ3n) is 4.29. The molecule has 0 atom stereocenters. The van der Waals surface area contributed by atoms with Gasteiger partial charge in [0.25, 0.3) is 0 Å². The van der Waals surface area contributed by atoms with Gasteiger partial charge in [-0.15, -0.1) is 0 Å². The Bertz CT molecular complexity index is 757. The monoisotopic (exact) mass is 319 g/mol. The van der Waals surface area contributed by atoms with Crippen LogP contribution in [0, 0.1) is 6.92 Å². The molecule has 0 radical (unpaired) electrons. The number of aliphatic imine (C=N–C) groups is 1. The first-order valence-electron chi connectivity index (χ1n) is 8.67. The van der Waals surface area contributed by atoms with Gasteiger partial charge in [0.1, 0.15) is 0 Å². The molecule has 0 unspecified atom stereocenters. The van der Waals surface area contributed by atoms with Gasteiger partial charge in [-0.2, -0.15) is 0 Å². The van der Waals surface area contributed by atoms with Gasteiger partial charge in [-0.3, -0.25) is 4.99 Å². The first-order valence-corrected chi connectivity index (χ1v) is 8.67. The Morgan fingerprint density at radius 1 is 1.12 bits per heavy atom. The highest BCUT2D eigenvalue weighted by atomic mass is 15.3. The number of hydrogen-bond acceptors (Lipinski definition) is 1. The summed E-state index contributed by atoms with van der Waals surface area (Å²) < 4.78 is 0. The first-order chi connectivity index (χ1) is 11.7. The zero-order valence-electron chi connectivity index (χ0n) is 14.7. The van der Waals surface area contributed by atoms with Crippen LogP contribution < -0.4 is 10.2 Å². The van der Waals surface area contributed by atoms with E-state index in [1.807, 2.05) is 0 Å². The molecule has 0 saturated heterocycles. The van der Waals surface area contributed by atoms with E-state index >= 15 is 0 Å². The topological polar surface area (TPSA) is 27.6 Å². The third kappa shape index (κ3) is 3.35. The molecule has 3 heteroatoms. The maximum atomic E-state index is 4.72. The molecular formula is C21H25N3. The molecule has 0 amide bonds. The van der Waals surface area contributed by atoms with Crippen LogP contribution >= 0.6 is 0 Å². The molecule has 0 heterocycles. The fourth-order valence-electron chi connectivity index (χ4n) is 3.04. The van der Waals surface area contributed by atoms with E-state index in [4.69, 9.17) is 4.99 Å². The Balaban J connectivity index is 1.92. The molecular weight excluding hydrogens is 294 g/mol. The van der Waals surface area contributed by atoms with Crippen molar-refractivity contribution in [3.05, 3.63) is 65.2 Å². The number of allylic oxidation sites excluding steroid dienone is 1. The number of nitrogens with one attached hydrogen (secondary N) is 1. The van der Waals surface area contributed by atoms with Gasteiger partial charge in [-0.1, -0.05) is 42.0 Å². The van der Waals surface area contributed by atoms with Crippen LogP contribution in [0.25, 0.3) is 6.08 Å². The van der Waals surface area contributed by atoms with Crippen molar-refractivity contribution in [2.24, 2.45) is 4.99 Å². The van der Waals surface area contributed by atoms with Crippen LogP contribution in [0.4, 0.5) is 11.4 Å². The summed E-state index contributed by atoms with van der Waals surface area (Å²) in [6, 6.07) is 15.0. The molecule has 24 heavy (non-hydrogen) atoms. The molecule has 0 aromatic heterocycles. The fourth-order valence-corrected chi connectivity index (χ4v) is 3.04. The highest BCUT2D eigenvalue weighted by Gasteiger charge is 2.15. The molecule has 2 aromatic rings. The van der Waals surface area contributed by atoms with Crippen LogP contribution in [-0.4, -0.2) is 19.0 Å². The highest BCUT2D eigenvalue weighted by Crippen LogP contribution is 2.28. The van der Waals surface area contributed by atoms with Crippen LogP contribution in [0.15, 0.2) is 53.5 Å². The molecule has 0 aliphatic heterocycles. The maximum absolute atomic E-state index is 4.72. The summed E-state index contributed by atoms with van der Waals surface area (Å²) in [4.78, 5) is 6.95. The smallest absolute Gasteiger partial charge is 0.203 e. The summed E-state index contributed by atoms with van der Waals surface area (Å²) in [6.07, 6.45) is 5.42. The van der Waals surface area contributed by atoms with E-state index in [2.05, 4.69) is 85.6 Å². The van der Waals surface area contributed by atoms with E-state index in [1.165, 1.54) is 16.7 Å². The minimum Gasteiger partial charge on any atom is -0.325 e. The largest absolute Gasteiger partial charge is 0.325 e. The highest BCUT2D eigenvalue weighted by molar-refractivity contribution is 6.06. The lowest BCUT2D eigenvalue weighted by atomic mass is 10.1. The molecule has 0 saturated carbocycles. The van der Waals surface area contributed by atoms with E-state index in [9.17, 15) is 0 Å². The Labute approximate surface area is 144 Å². The number of hydrogen-bond donors (Lipinski definition) is 1. The molecule has 1 aliphatic rings. The molecule has 124 valence electrons. The van der Waals surface area contributed by atoms with Crippen molar-refractivity contribution in [3.8, 4) is 0 Å². The van der Waals surface area contributed by atoms with E-state index in [0.29, 0.717) is 0 Å². The van der Waals surface area contributed by atoms with Crippen molar-refractivity contribution < 1.29 is 0 Å². The Kier molecular flexibility index (Phi) is 4.99. The quantitative estimate of drug-likeness (QED) is 0.642. The van der Waals surface area contributed by atoms with Gasteiger partial charge < -0.3 is 10.2 Å². The zero-order chi connectivity index (χ0) is 16.9. The molecule has 0 bridgehead atoms. The number of fused-ring (bicyclic) bond motifs is 1. The Hall–Kier alpha value is -2.55. The van der Waals surface area contributed by atoms with Crippen molar-refractivity contribution in [3.63, 3.8) is 0 Å². The third-order valence-corrected chi connectivity index (χ3v) is 4.29. The van der Waals surface area contributed by atoms with Gasteiger partial charge in [-0.25, -0.2) is 0 Å². The number of nitrogens with zero attached hydrogens (tertiary/aromatic N) is 2. The summed E-state index contributed by atoms with van der Waals surface area (Å²) in [5.74, 6) is 0.901. The fraction of sp³-hybridized carbons (Fsp3) is 0.286. The standard InChI is InChI=1S/C21H25N3/c1-4-22-21(24(5-2)18-14-12-16(3)13-15-18)23-20-11-7-9-17-8-6-10-19(17)20/h6-7,9-15H,4-5,8H2,1-3H3,(H,22,23). The SMILES string of the molecule is CCN=C(Nc1cccc2c1C=CC2)N(CC)c1ccc(C)cc1. The van der Waals surface area contributed by atoms with Gasteiger partial charge in [0.15, 0.2) is 0 Å². The normalized spacial score (nSPS) is 13.0. The summed E-state index contributed by atoms with van der Waals surface area (Å²) in [7, 11) is 0. The molecule has 3 nitrogen and oxygen atoms in total. The van der Waals surface area contributed by atoms with Gasteiger partial charge in [0.2, 0.25) is 5.96 Å². The van der Waals surface area contributed by atoms with Crippen LogP contribution in [-0.2, 0) is 6.42 Å². The van der Waals surface area contributed by atoms with Crippen LogP contribution in [0.3, 0.4) is 0 Å². The number of anilines is 2. The second-order valence-electron chi connectivity index (χ2n) is 5.99. The minimum absolute atomic E-state index is 0.746. The van der Waals surface area contributed by atoms with Crippen LogP contribution in [0.1, 0.15) is 30.5 Å². The second kappa shape index (κ2) is 7.35. The van der Waals surface area contributed by atoms with Crippen LogP contribution in [0.2, 0.25) is 0 Å². The van der Waals surface area contributed by atoms with E-state index in [-0.39, 0.29) is 0 Å². The maximum Gasteiger partial charge on any atom is 0.203 e. The number of guanidine groups is 1. The second-order valence-corrected chi connectivity index (χ2v) is 5.99. The first kappa shape index (κ1) is 16.3. The summed E-state index contributed by atoms with van der Waals surface area (Å²) in [5, 5.41) is 3.57. The zero-order valence-corrected chi connectivity index (χ0v) is 14.7. The lowest BCUT2D eigenvalue weighted by molar-refractivity contribution is 1.02. The Morgan fingerprint density at radius 2 is 1.92 bits per heavy atom. The van der Waals surface area contributed by atoms with Gasteiger partial charge in [0, 0.05) is 30.0 Å². The average Bonchev–Trinajstić information content (AvgIpc) is 3.07. The molecule has 2 aromatic carbocycles. The summed E-state index contributed by atoms with van der Waals surface area (Å²) in [5.41, 5.74) is 6.20. The van der Waals surface area contributed by atoms with E-state index in [0.717, 1.165) is 36.8 Å². The lowest BCUT2D eigenvalue weighted by Gasteiger charge is -2.26. The lowest BCUT2D eigenvalue weighted by Crippen LogP contribution is -2.36. The molecule has 1 aliphatic carbocycles. The molecule has 3 rings (SSSR count). The van der Waals surface area contributed by atoms with Crippen molar-refractivity contribution in [2.45, 2.75) is 27.2 Å². The molecule has 1 N–H and O–H groups in total. The Morgan fingerprint density at radius 3 is 2.62 bits per heavy atom. The number of benzene rings is 2. The van der Waals surface area contributed by atoms with Gasteiger partial charge in [-0.05, 0) is 51.0 Å². The van der Waals surface area contributed by atoms with Crippen molar-refractivity contribution >= 4 is 23.4 Å².